The lowest BCUT2D eigenvalue weighted by molar-refractivity contribution is 0.278. The number of ether oxygens (including phenoxy) is 2. The molecule has 0 fully saturated rings. The van der Waals surface area contributed by atoms with Crippen LogP contribution in [0.2, 0.25) is 0 Å². The first-order chi connectivity index (χ1) is 16.6. The Kier molecular flexibility index (Phi) is 8.68. The quantitative estimate of drug-likeness (QED) is 0.246. The Hall–Kier alpha value is -2.76. The van der Waals surface area contributed by atoms with Crippen LogP contribution in [-0.2, 0) is 14.6 Å². The molecule has 1 heterocycles. The Labute approximate surface area is 204 Å². The minimum Gasteiger partial charge on any atom is -0.488 e. The van der Waals surface area contributed by atoms with E-state index in [9.17, 15) is 23.1 Å². The molecule has 0 saturated heterocycles. The van der Waals surface area contributed by atoms with Gasteiger partial charge in [0.2, 0.25) is 0 Å². The summed E-state index contributed by atoms with van der Waals surface area (Å²) >= 11 is 0.515. The standard InChI is InChI=1S/C20H22FN4O7PS2/c21-18-17-14(11-24)19(31-9-7-23)15(30-8-6-22)10-16(17)34-20(18)35(28,29)25-12-33(26,27)32-13-4-2-1-3-5-13/h1-5,10,25H,6-9,12,22-23H2,(H,26,27). The normalized spacial score (nSPS) is 13.2. The number of nitrogens with one attached hydrogen (secondary N) is 1. The Morgan fingerprint density at radius 2 is 1.83 bits per heavy atom. The Balaban J connectivity index is 1.98. The number of fused-ring (bicyclic) bond motifs is 1. The van der Waals surface area contributed by atoms with Gasteiger partial charge in [-0.15, -0.1) is 11.3 Å². The molecule has 2 aromatic carbocycles. The van der Waals surface area contributed by atoms with E-state index in [0.29, 0.717) is 11.3 Å². The van der Waals surface area contributed by atoms with E-state index >= 15 is 4.39 Å². The van der Waals surface area contributed by atoms with Crippen molar-refractivity contribution in [2.45, 2.75) is 4.21 Å². The van der Waals surface area contributed by atoms with E-state index in [1.807, 2.05) is 10.8 Å². The van der Waals surface area contributed by atoms with E-state index < -0.39 is 33.9 Å². The highest BCUT2D eigenvalue weighted by atomic mass is 32.2. The molecule has 1 unspecified atom stereocenters. The van der Waals surface area contributed by atoms with Gasteiger partial charge < -0.3 is 30.4 Å². The molecule has 15 heteroatoms. The molecule has 3 aromatic rings. The van der Waals surface area contributed by atoms with Crippen LogP contribution in [-0.4, -0.2) is 45.9 Å². The third kappa shape index (κ3) is 6.28. The number of benzene rings is 2. The summed E-state index contributed by atoms with van der Waals surface area (Å²) < 4.78 is 70.5. The summed E-state index contributed by atoms with van der Waals surface area (Å²) in [6.07, 6.45) is -1.02. The second-order valence-electron chi connectivity index (χ2n) is 6.89. The van der Waals surface area contributed by atoms with Crippen LogP contribution in [0.1, 0.15) is 5.56 Å². The topological polar surface area (TPSA) is 187 Å². The van der Waals surface area contributed by atoms with Gasteiger partial charge in [0, 0.05) is 23.9 Å². The Bertz CT molecular complexity index is 1390. The van der Waals surface area contributed by atoms with Gasteiger partial charge in [0.05, 0.1) is 5.39 Å². The number of para-hydroxylation sites is 1. The molecule has 0 amide bonds. The zero-order valence-electron chi connectivity index (χ0n) is 18.1. The molecule has 0 bridgehead atoms. The lowest BCUT2D eigenvalue weighted by atomic mass is 10.1. The zero-order chi connectivity index (χ0) is 25.6. The number of halogens is 1. The SMILES string of the molecule is N#Cc1c(OCCN)c(OCCN)cc2sc(S(=O)(=O)NCP(=O)(O)Oc3ccccc3)c(F)c12. The molecule has 11 nitrogen and oxygen atoms in total. The number of nitriles is 1. The lowest BCUT2D eigenvalue weighted by Crippen LogP contribution is -2.25. The fourth-order valence-electron chi connectivity index (χ4n) is 2.93. The maximum Gasteiger partial charge on any atom is 0.391 e. The summed E-state index contributed by atoms with van der Waals surface area (Å²) in [6.45, 7) is 0.292. The predicted molar refractivity (Wildman–Crippen MR) is 128 cm³/mol. The second kappa shape index (κ2) is 11.3. The highest BCUT2D eigenvalue weighted by Gasteiger charge is 2.32. The number of thiophene rings is 1. The fraction of sp³-hybridized carbons (Fsp3) is 0.250. The molecule has 3 rings (SSSR count). The highest BCUT2D eigenvalue weighted by molar-refractivity contribution is 7.92. The number of sulfonamides is 1. The number of rotatable bonds is 12. The molecule has 0 spiro atoms. The summed E-state index contributed by atoms with van der Waals surface area (Å²) in [4.78, 5) is 10.0. The van der Waals surface area contributed by atoms with Gasteiger partial charge in [-0.05, 0) is 12.1 Å². The van der Waals surface area contributed by atoms with Crippen molar-refractivity contribution < 1.29 is 36.3 Å². The van der Waals surface area contributed by atoms with Crippen LogP contribution >= 0.6 is 18.9 Å². The monoisotopic (exact) mass is 544 g/mol. The van der Waals surface area contributed by atoms with Gasteiger partial charge in [0.15, 0.2) is 21.5 Å². The predicted octanol–water partition coefficient (Wildman–Crippen LogP) is 2.09. The van der Waals surface area contributed by atoms with E-state index in [1.54, 1.807) is 18.2 Å². The van der Waals surface area contributed by atoms with Crippen molar-refractivity contribution in [3.8, 4) is 23.3 Å². The van der Waals surface area contributed by atoms with Crippen molar-refractivity contribution in [1.29, 1.82) is 5.26 Å². The number of nitrogens with two attached hydrogens (primary N) is 2. The summed E-state index contributed by atoms with van der Waals surface area (Å²) in [5, 5.41) is 9.40. The third-order valence-electron chi connectivity index (χ3n) is 4.35. The van der Waals surface area contributed by atoms with Crippen LogP contribution < -0.4 is 30.2 Å². The molecule has 6 N–H and O–H groups in total. The van der Waals surface area contributed by atoms with Crippen molar-refractivity contribution in [1.82, 2.24) is 4.72 Å². The molecule has 1 aromatic heterocycles. The molecule has 35 heavy (non-hydrogen) atoms. The minimum absolute atomic E-state index is 0.00909. The molecule has 0 aliphatic heterocycles. The van der Waals surface area contributed by atoms with Crippen LogP contribution in [0.15, 0.2) is 40.6 Å². The first-order valence-electron chi connectivity index (χ1n) is 10.0. The maximum absolute atomic E-state index is 15.4. The molecular formula is C20H22FN4O7PS2. The number of hydrogen-bond acceptors (Lipinski definition) is 10. The van der Waals surface area contributed by atoms with Crippen molar-refractivity contribution >= 4 is 39.0 Å². The van der Waals surface area contributed by atoms with Gasteiger partial charge in [-0.1, -0.05) is 18.2 Å². The van der Waals surface area contributed by atoms with E-state index in [4.69, 9.17) is 25.5 Å². The molecule has 1 atom stereocenters. The van der Waals surface area contributed by atoms with Crippen molar-refractivity contribution in [2.24, 2.45) is 11.5 Å². The van der Waals surface area contributed by atoms with Crippen molar-refractivity contribution in [2.75, 3.05) is 32.6 Å². The average molecular weight is 545 g/mol. The zero-order valence-corrected chi connectivity index (χ0v) is 20.7. The summed E-state index contributed by atoms with van der Waals surface area (Å²) in [6, 6.07) is 10.8. The molecule has 0 aliphatic rings. The van der Waals surface area contributed by atoms with Gasteiger partial charge in [-0.2, -0.15) is 9.98 Å². The molecule has 0 aliphatic carbocycles. The Morgan fingerprint density at radius 3 is 2.46 bits per heavy atom. The van der Waals surface area contributed by atoms with E-state index in [-0.39, 0.29) is 59.2 Å². The third-order valence-corrected chi connectivity index (χ3v) is 8.63. The summed E-state index contributed by atoms with van der Waals surface area (Å²) in [7, 11) is -9.07. The van der Waals surface area contributed by atoms with Crippen LogP contribution in [0.4, 0.5) is 4.39 Å². The van der Waals surface area contributed by atoms with Crippen LogP contribution in [0.3, 0.4) is 0 Å². The Morgan fingerprint density at radius 1 is 1.17 bits per heavy atom. The lowest BCUT2D eigenvalue weighted by Gasteiger charge is -2.14. The number of hydrogen-bond donors (Lipinski definition) is 4. The summed E-state index contributed by atoms with van der Waals surface area (Å²) in [5.74, 6) is -1.18. The van der Waals surface area contributed by atoms with E-state index in [2.05, 4.69) is 0 Å². The van der Waals surface area contributed by atoms with Crippen molar-refractivity contribution in [3.05, 3.63) is 47.8 Å². The van der Waals surface area contributed by atoms with Crippen LogP contribution in [0.5, 0.6) is 17.2 Å². The minimum atomic E-state index is -4.61. The van der Waals surface area contributed by atoms with Gasteiger partial charge in [-0.3, -0.25) is 0 Å². The summed E-state index contributed by atoms with van der Waals surface area (Å²) in [5.41, 5.74) is 10.6. The molecular weight excluding hydrogens is 522 g/mol. The second-order valence-corrected chi connectivity index (χ2v) is 11.7. The molecule has 0 radical (unpaired) electrons. The van der Waals surface area contributed by atoms with Gasteiger partial charge in [0.25, 0.3) is 10.0 Å². The first-order valence-corrected chi connectivity index (χ1v) is 14.1. The fourth-order valence-corrected chi connectivity index (χ4v) is 6.99. The number of nitrogens with zero attached hydrogens (tertiary/aromatic N) is 1. The van der Waals surface area contributed by atoms with Gasteiger partial charge in [-0.25, -0.2) is 17.4 Å². The highest BCUT2D eigenvalue weighted by Crippen LogP contribution is 2.45. The average Bonchev–Trinajstić information content (AvgIpc) is 3.17. The first kappa shape index (κ1) is 26.8. The smallest absolute Gasteiger partial charge is 0.391 e. The van der Waals surface area contributed by atoms with Gasteiger partial charge >= 0.3 is 7.60 Å². The van der Waals surface area contributed by atoms with Crippen LogP contribution in [0.25, 0.3) is 10.1 Å². The van der Waals surface area contributed by atoms with Crippen LogP contribution in [0, 0.1) is 17.1 Å². The maximum atomic E-state index is 15.4. The largest absolute Gasteiger partial charge is 0.488 e. The molecule has 0 saturated carbocycles. The van der Waals surface area contributed by atoms with E-state index in [0.717, 1.165) is 0 Å². The van der Waals surface area contributed by atoms with Crippen molar-refractivity contribution in [3.63, 3.8) is 0 Å². The van der Waals surface area contributed by atoms with Gasteiger partial charge in [0.1, 0.15) is 36.9 Å². The van der Waals surface area contributed by atoms with E-state index in [1.165, 1.54) is 18.2 Å². The molecule has 188 valence electrons.